The van der Waals surface area contributed by atoms with Crippen LogP contribution in [-0.2, 0) is 10.3 Å². The van der Waals surface area contributed by atoms with Gasteiger partial charge in [0.15, 0.2) is 5.78 Å². The molecule has 0 aliphatic heterocycles. The van der Waals surface area contributed by atoms with Crippen molar-refractivity contribution in [2.45, 2.75) is 25.8 Å². The van der Waals surface area contributed by atoms with Gasteiger partial charge in [0.2, 0.25) is 0 Å². The molecule has 0 aliphatic carbocycles. The number of carbonyl (C=O) groups is 1. The Balaban J connectivity index is 3.09. The number of benzene rings is 1. The van der Waals surface area contributed by atoms with Gasteiger partial charge >= 0.3 is 0 Å². The van der Waals surface area contributed by atoms with Crippen LogP contribution in [0.3, 0.4) is 0 Å². The van der Waals surface area contributed by atoms with Crippen LogP contribution in [0.2, 0.25) is 0 Å². The Kier molecular flexibility index (Phi) is 3.45. The molecule has 0 heterocycles. The molecule has 0 aromatic heterocycles. The normalized spacial score (nSPS) is 14.9. The summed E-state index contributed by atoms with van der Waals surface area (Å²) in [6.07, 6.45) is 0.458. The van der Waals surface area contributed by atoms with Crippen molar-refractivity contribution in [3.05, 3.63) is 34.3 Å². The van der Waals surface area contributed by atoms with E-state index in [1.54, 1.807) is 6.92 Å². The lowest BCUT2D eigenvalue weighted by Crippen LogP contribution is -2.41. The summed E-state index contributed by atoms with van der Waals surface area (Å²) < 4.78 is 0.940. The molecule has 0 radical (unpaired) electrons. The first-order chi connectivity index (χ1) is 6.48. The summed E-state index contributed by atoms with van der Waals surface area (Å²) in [5, 5.41) is 0. The molecule has 0 amide bonds. The molecule has 2 N–H and O–H groups in total. The monoisotopic (exact) mass is 255 g/mol. The van der Waals surface area contributed by atoms with Crippen molar-refractivity contribution in [3.63, 3.8) is 0 Å². The molecular weight excluding hydrogens is 242 g/mol. The van der Waals surface area contributed by atoms with Gasteiger partial charge in [0.05, 0.1) is 5.54 Å². The summed E-state index contributed by atoms with van der Waals surface area (Å²) in [6.45, 7) is 3.58. The van der Waals surface area contributed by atoms with Crippen molar-refractivity contribution in [1.82, 2.24) is 0 Å². The van der Waals surface area contributed by atoms with Crippen molar-refractivity contribution in [1.29, 1.82) is 0 Å². The number of hydrogen-bond acceptors (Lipinski definition) is 2. The fourth-order valence-electron chi connectivity index (χ4n) is 1.34. The van der Waals surface area contributed by atoms with Crippen LogP contribution < -0.4 is 5.73 Å². The lowest BCUT2D eigenvalue weighted by molar-refractivity contribution is -0.123. The lowest BCUT2D eigenvalue weighted by atomic mass is 9.88. The molecule has 0 fully saturated rings. The molecule has 1 aromatic rings. The van der Waals surface area contributed by atoms with E-state index in [0.717, 1.165) is 10.0 Å². The summed E-state index contributed by atoms with van der Waals surface area (Å²) in [4.78, 5) is 11.6. The second-order valence-corrected chi connectivity index (χ2v) is 4.41. The smallest absolute Gasteiger partial charge is 0.156 e. The predicted molar refractivity (Wildman–Crippen MR) is 61.0 cm³/mol. The zero-order chi connectivity index (χ0) is 10.8. The lowest BCUT2D eigenvalue weighted by Gasteiger charge is -2.23. The third-order valence-corrected chi connectivity index (χ3v) is 2.82. The summed E-state index contributed by atoms with van der Waals surface area (Å²) in [5.74, 6) is 0.0515. The molecule has 1 atom stereocenters. The van der Waals surface area contributed by atoms with Crippen LogP contribution >= 0.6 is 15.9 Å². The van der Waals surface area contributed by atoms with Gasteiger partial charge in [-0.3, -0.25) is 4.79 Å². The molecule has 2 nitrogen and oxygen atoms in total. The van der Waals surface area contributed by atoms with Gasteiger partial charge in [-0.25, -0.2) is 0 Å². The van der Waals surface area contributed by atoms with Crippen LogP contribution in [0.15, 0.2) is 28.7 Å². The average molecular weight is 256 g/mol. The summed E-state index contributed by atoms with van der Waals surface area (Å²) in [7, 11) is 0. The van der Waals surface area contributed by atoms with E-state index >= 15 is 0 Å². The first kappa shape index (κ1) is 11.4. The Morgan fingerprint density at radius 2 is 2.21 bits per heavy atom. The van der Waals surface area contributed by atoms with E-state index in [9.17, 15) is 4.79 Å². The van der Waals surface area contributed by atoms with Gasteiger partial charge in [-0.2, -0.15) is 0 Å². The minimum Gasteiger partial charge on any atom is -0.315 e. The topological polar surface area (TPSA) is 43.1 Å². The van der Waals surface area contributed by atoms with Gasteiger partial charge in [-0.15, -0.1) is 0 Å². The summed E-state index contributed by atoms with van der Waals surface area (Å²) in [5.41, 5.74) is 5.96. The van der Waals surface area contributed by atoms with Crippen LogP contribution in [0.25, 0.3) is 0 Å². The zero-order valence-electron chi connectivity index (χ0n) is 8.38. The van der Waals surface area contributed by atoms with E-state index < -0.39 is 5.54 Å². The Hall–Kier alpha value is -0.670. The summed E-state index contributed by atoms with van der Waals surface area (Å²) >= 11 is 3.36. The number of Topliss-reactive ketones (excluding diaryl/α,β-unsaturated/α-hetero) is 1. The third kappa shape index (κ3) is 2.22. The molecule has 14 heavy (non-hydrogen) atoms. The molecule has 0 spiro atoms. The van der Waals surface area contributed by atoms with Gasteiger partial charge in [-0.1, -0.05) is 35.0 Å². The molecule has 1 unspecified atom stereocenters. The van der Waals surface area contributed by atoms with Crippen LogP contribution in [-0.4, -0.2) is 5.78 Å². The van der Waals surface area contributed by atoms with Crippen LogP contribution in [0.5, 0.6) is 0 Å². The maximum Gasteiger partial charge on any atom is 0.156 e. The number of nitrogens with two attached hydrogens (primary N) is 1. The number of hydrogen-bond donors (Lipinski definition) is 1. The SMILES string of the molecule is CCC(=O)C(C)(N)c1cccc(Br)c1. The van der Waals surface area contributed by atoms with Crippen molar-refractivity contribution in [2.24, 2.45) is 5.73 Å². The maximum atomic E-state index is 11.6. The standard InChI is InChI=1S/C11H14BrNO/c1-3-10(14)11(2,13)8-5-4-6-9(12)7-8/h4-7H,3,13H2,1-2H3. The number of carbonyl (C=O) groups excluding carboxylic acids is 1. The maximum absolute atomic E-state index is 11.6. The zero-order valence-corrected chi connectivity index (χ0v) is 9.97. The number of ketones is 1. The average Bonchev–Trinajstić information content (AvgIpc) is 2.16. The Labute approximate surface area is 92.6 Å². The molecule has 1 aromatic carbocycles. The third-order valence-electron chi connectivity index (χ3n) is 2.32. The van der Waals surface area contributed by atoms with Crippen molar-refractivity contribution in [2.75, 3.05) is 0 Å². The first-order valence-corrected chi connectivity index (χ1v) is 5.36. The number of halogens is 1. The van der Waals surface area contributed by atoms with Crippen molar-refractivity contribution in [3.8, 4) is 0 Å². The highest BCUT2D eigenvalue weighted by Crippen LogP contribution is 2.23. The van der Waals surface area contributed by atoms with Gasteiger partial charge in [0, 0.05) is 10.9 Å². The largest absolute Gasteiger partial charge is 0.315 e. The van der Waals surface area contributed by atoms with E-state index in [2.05, 4.69) is 15.9 Å². The predicted octanol–water partition coefficient (Wildman–Crippen LogP) is 2.60. The quantitative estimate of drug-likeness (QED) is 0.903. The van der Waals surface area contributed by atoms with Gasteiger partial charge < -0.3 is 5.73 Å². The molecule has 0 aliphatic rings. The van der Waals surface area contributed by atoms with Crippen LogP contribution in [0.1, 0.15) is 25.8 Å². The molecular formula is C11H14BrNO. The van der Waals surface area contributed by atoms with Gasteiger partial charge in [0.25, 0.3) is 0 Å². The second kappa shape index (κ2) is 4.24. The van der Waals surface area contributed by atoms with E-state index in [1.807, 2.05) is 31.2 Å². The van der Waals surface area contributed by atoms with E-state index in [-0.39, 0.29) is 5.78 Å². The van der Waals surface area contributed by atoms with Gasteiger partial charge in [0.1, 0.15) is 0 Å². The van der Waals surface area contributed by atoms with E-state index in [0.29, 0.717) is 6.42 Å². The molecule has 0 saturated heterocycles. The molecule has 76 valence electrons. The highest BCUT2D eigenvalue weighted by atomic mass is 79.9. The fraction of sp³-hybridized carbons (Fsp3) is 0.364. The first-order valence-electron chi connectivity index (χ1n) is 4.56. The molecule has 3 heteroatoms. The number of rotatable bonds is 3. The highest BCUT2D eigenvalue weighted by molar-refractivity contribution is 9.10. The minimum atomic E-state index is -0.876. The minimum absolute atomic E-state index is 0.0515. The van der Waals surface area contributed by atoms with Crippen LogP contribution in [0, 0.1) is 0 Å². The van der Waals surface area contributed by atoms with E-state index in [1.165, 1.54) is 0 Å². The Morgan fingerprint density at radius 3 is 2.71 bits per heavy atom. The summed E-state index contributed by atoms with van der Waals surface area (Å²) in [6, 6.07) is 7.55. The van der Waals surface area contributed by atoms with Gasteiger partial charge in [-0.05, 0) is 24.6 Å². The second-order valence-electron chi connectivity index (χ2n) is 3.49. The van der Waals surface area contributed by atoms with Crippen LogP contribution in [0.4, 0.5) is 0 Å². The van der Waals surface area contributed by atoms with Crippen molar-refractivity contribution >= 4 is 21.7 Å². The van der Waals surface area contributed by atoms with Crippen molar-refractivity contribution < 1.29 is 4.79 Å². The van der Waals surface area contributed by atoms with E-state index in [4.69, 9.17) is 5.73 Å². The Bertz CT molecular complexity index is 347. The highest BCUT2D eigenvalue weighted by Gasteiger charge is 2.28. The fourth-order valence-corrected chi connectivity index (χ4v) is 1.74. The Morgan fingerprint density at radius 1 is 1.57 bits per heavy atom. The molecule has 1 rings (SSSR count). The molecule has 0 bridgehead atoms. The molecule has 0 saturated carbocycles.